The third kappa shape index (κ3) is 10.6. The number of aryl methyl sites for hydroxylation is 1. The van der Waals surface area contributed by atoms with Gasteiger partial charge in [-0.15, -0.1) is 11.6 Å². The number of nitrogens with one attached hydrogen (secondary N) is 1. The quantitative estimate of drug-likeness (QED) is 0.166. The van der Waals surface area contributed by atoms with Gasteiger partial charge in [-0.05, 0) is 69.0 Å². The van der Waals surface area contributed by atoms with Gasteiger partial charge in [0.1, 0.15) is 18.2 Å². The lowest BCUT2D eigenvalue weighted by Crippen LogP contribution is -2.24. The fourth-order valence-electron chi connectivity index (χ4n) is 3.94. The molecule has 1 aliphatic heterocycles. The lowest BCUT2D eigenvalue weighted by Gasteiger charge is -2.17. The van der Waals surface area contributed by atoms with Crippen molar-refractivity contribution in [3.63, 3.8) is 0 Å². The fraction of sp³-hybridized carbons (Fsp3) is 0.355. The summed E-state index contributed by atoms with van der Waals surface area (Å²) in [6.45, 7) is 9.42. The van der Waals surface area contributed by atoms with E-state index in [4.69, 9.17) is 50.4 Å². The molecular weight excluding hydrogens is 599 g/mol. The van der Waals surface area contributed by atoms with Crippen LogP contribution >= 0.6 is 34.8 Å². The number of benzene rings is 1. The van der Waals surface area contributed by atoms with E-state index in [1.54, 1.807) is 24.3 Å². The first kappa shape index (κ1) is 33.3. The van der Waals surface area contributed by atoms with E-state index >= 15 is 0 Å². The van der Waals surface area contributed by atoms with Gasteiger partial charge >= 0.3 is 5.97 Å². The Balaban J connectivity index is 0.000000271. The number of nitrogens with two attached hydrogens (primary N) is 1. The van der Waals surface area contributed by atoms with Gasteiger partial charge in [-0.1, -0.05) is 48.0 Å². The maximum Gasteiger partial charge on any atom is 0.337 e. The van der Waals surface area contributed by atoms with Gasteiger partial charge in [0.15, 0.2) is 0 Å². The number of aromatic carboxylic acids is 1. The molecule has 4 rings (SSSR count). The highest BCUT2D eigenvalue weighted by molar-refractivity contribution is 6.32. The van der Waals surface area contributed by atoms with Gasteiger partial charge in [-0.3, -0.25) is 0 Å². The van der Waals surface area contributed by atoms with E-state index in [9.17, 15) is 9.90 Å². The standard InChI is InChI=1S/C21H25Cl3N2O.C10H12N2O3/c1-13-7-10-17(11-19(13)24)27-12-20(21(25)16-8-9-16)26-15(3)18(23)6-4-5-14(2)22;13-8-3-4-12(6-8)9-2-1-7(5-11-9)10(14)15/h4-7,10-11,14,16,26H,3,8-9,12,25H2,1-2H3;1-2,5,8,13H,3-4,6H2,(H,14,15)/b5-4-,18-6+,21-20-;. The number of nitrogens with zero attached hydrogens (tertiary/aromatic N) is 2. The molecule has 2 fully saturated rings. The Morgan fingerprint density at radius 1 is 1.31 bits per heavy atom. The molecule has 2 aliphatic rings. The molecule has 0 bridgehead atoms. The number of pyridine rings is 1. The summed E-state index contributed by atoms with van der Waals surface area (Å²) >= 11 is 18.3. The minimum absolute atomic E-state index is 0.0670. The Morgan fingerprint density at radius 2 is 2.05 bits per heavy atom. The molecule has 2 heterocycles. The topological polar surface area (TPSA) is 121 Å². The van der Waals surface area contributed by atoms with Crippen LogP contribution in [0.1, 0.15) is 42.1 Å². The zero-order valence-corrected chi connectivity index (χ0v) is 26.0. The maximum absolute atomic E-state index is 10.6. The van der Waals surface area contributed by atoms with Crippen LogP contribution in [-0.4, -0.2) is 52.3 Å². The SMILES string of the molecule is C=C(N/C(COc1ccc(C)c(Cl)c1)=C(\N)C1CC1)/C(Cl)=C\C=C/C(C)Cl.O=C(O)c1ccc(N2CCC(O)C2)nc1. The number of carbonyl (C=O) groups is 1. The number of allylic oxidation sites excluding steroid dienone is 5. The molecule has 2 unspecified atom stereocenters. The molecule has 0 radical (unpaired) electrons. The van der Waals surface area contributed by atoms with E-state index in [1.807, 2.05) is 37.0 Å². The highest BCUT2D eigenvalue weighted by Crippen LogP contribution is 2.35. The largest absolute Gasteiger partial charge is 0.487 e. The van der Waals surface area contributed by atoms with Gasteiger partial charge in [0.25, 0.3) is 0 Å². The predicted molar refractivity (Wildman–Crippen MR) is 170 cm³/mol. The van der Waals surface area contributed by atoms with Crippen LogP contribution in [-0.2, 0) is 0 Å². The first-order chi connectivity index (χ1) is 19.9. The third-order valence-electron chi connectivity index (χ3n) is 6.58. The Kier molecular flexibility index (Phi) is 12.6. The first-order valence-corrected chi connectivity index (χ1v) is 14.8. The molecule has 1 aliphatic carbocycles. The summed E-state index contributed by atoms with van der Waals surface area (Å²) in [5.41, 5.74) is 9.58. The van der Waals surface area contributed by atoms with E-state index in [1.165, 1.54) is 12.3 Å². The number of halogens is 3. The zero-order valence-electron chi connectivity index (χ0n) is 23.7. The second kappa shape index (κ2) is 15.9. The summed E-state index contributed by atoms with van der Waals surface area (Å²) in [5, 5.41) is 22.3. The molecular formula is C31H37Cl3N4O4. The van der Waals surface area contributed by atoms with Gasteiger partial charge in [0, 0.05) is 47.0 Å². The molecule has 0 spiro atoms. The number of aliphatic hydroxyl groups excluding tert-OH is 1. The average molecular weight is 636 g/mol. The fourth-order valence-corrected chi connectivity index (χ4v) is 4.31. The van der Waals surface area contributed by atoms with Crippen molar-refractivity contribution in [2.75, 3.05) is 24.6 Å². The molecule has 1 saturated heterocycles. The smallest absolute Gasteiger partial charge is 0.337 e. The van der Waals surface area contributed by atoms with Crippen LogP contribution < -0.4 is 20.7 Å². The van der Waals surface area contributed by atoms with E-state index in [0.717, 1.165) is 48.6 Å². The lowest BCUT2D eigenvalue weighted by molar-refractivity contribution is 0.0696. The highest BCUT2D eigenvalue weighted by Gasteiger charge is 2.27. The van der Waals surface area contributed by atoms with Crippen LogP contribution in [0, 0.1) is 12.8 Å². The van der Waals surface area contributed by atoms with Gasteiger partial charge < -0.3 is 30.9 Å². The van der Waals surface area contributed by atoms with Gasteiger partial charge in [0.05, 0.1) is 22.4 Å². The monoisotopic (exact) mass is 634 g/mol. The minimum atomic E-state index is -0.976. The summed E-state index contributed by atoms with van der Waals surface area (Å²) in [6.07, 6.45) is 9.30. The minimum Gasteiger partial charge on any atom is -0.487 e. The number of hydrogen-bond acceptors (Lipinski definition) is 7. The number of carboxylic acids is 1. The van der Waals surface area contributed by atoms with Crippen molar-refractivity contribution in [1.29, 1.82) is 0 Å². The summed E-state index contributed by atoms with van der Waals surface area (Å²) in [6, 6.07) is 8.78. The van der Waals surface area contributed by atoms with Crippen LogP contribution in [0.4, 0.5) is 5.82 Å². The van der Waals surface area contributed by atoms with Crippen molar-refractivity contribution in [3.05, 3.63) is 99.6 Å². The molecule has 42 heavy (non-hydrogen) atoms. The maximum atomic E-state index is 10.6. The molecule has 2 atom stereocenters. The number of anilines is 1. The van der Waals surface area contributed by atoms with Crippen molar-refractivity contribution < 1.29 is 19.7 Å². The van der Waals surface area contributed by atoms with E-state index in [0.29, 0.717) is 34.0 Å². The van der Waals surface area contributed by atoms with Crippen LogP contribution in [0.2, 0.25) is 5.02 Å². The second-order valence-corrected chi connectivity index (χ2v) is 11.7. The zero-order chi connectivity index (χ0) is 30.8. The number of hydrogen-bond donors (Lipinski definition) is 4. The Morgan fingerprint density at radius 3 is 2.60 bits per heavy atom. The molecule has 1 aromatic carbocycles. The van der Waals surface area contributed by atoms with Gasteiger partial charge in [-0.25, -0.2) is 9.78 Å². The van der Waals surface area contributed by atoms with E-state index in [-0.39, 0.29) is 23.7 Å². The number of aromatic nitrogens is 1. The molecule has 1 aromatic heterocycles. The Labute approximate surface area is 262 Å². The lowest BCUT2D eigenvalue weighted by atomic mass is 10.2. The summed E-state index contributed by atoms with van der Waals surface area (Å²) in [5.74, 6) is 0.803. The predicted octanol–water partition coefficient (Wildman–Crippen LogP) is 6.37. The highest BCUT2D eigenvalue weighted by atomic mass is 35.5. The number of carboxylic acid groups (broad SMARTS) is 1. The molecule has 11 heteroatoms. The van der Waals surface area contributed by atoms with Crippen molar-refractivity contribution >= 4 is 46.6 Å². The molecule has 5 N–H and O–H groups in total. The Bertz CT molecular complexity index is 1340. The number of β-amino-alcohol motifs (C(OH)–C–C–N with tert-alkyl or cyclic N) is 1. The van der Waals surface area contributed by atoms with Crippen LogP contribution in [0.5, 0.6) is 5.75 Å². The van der Waals surface area contributed by atoms with Crippen molar-refractivity contribution in [1.82, 2.24) is 10.3 Å². The third-order valence-corrected chi connectivity index (χ3v) is 7.49. The van der Waals surface area contributed by atoms with Crippen LogP contribution in [0.15, 0.2) is 83.5 Å². The summed E-state index contributed by atoms with van der Waals surface area (Å²) < 4.78 is 5.88. The molecule has 0 amide bonds. The number of rotatable bonds is 11. The molecule has 1 saturated carbocycles. The normalized spacial score (nSPS) is 18.2. The van der Waals surface area contributed by atoms with Crippen molar-refractivity contribution in [3.8, 4) is 5.75 Å². The van der Waals surface area contributed by atoms with E-state index < -0.39 is 5.97 Å². The van der Waals surface area contributed by atoms with Gasteiger partial charge in [0.2, 0.25) is 0 Å². The molecule has 2 aromatic rings. The van der Waals surface area contributed by atoms with Crippen molar-refractivity contribution in [2.45, 2.75) is 44.6 Å². The molecule has 8 nitrogen and oxygen atoms in total. The first-order valence-electron chi connectivity index (χ1n) is 13.6. The number of ether oxygens (including phenoxy) is 1. The Hall–Kier alpha value is -3.17. The average Bonchev–Trinajstić information content (AvgIpc) is 3.72. The molecule has 226 valence electrons. The summed E-state index contributed by atoms with van der Waals surface area (Å²) in [7, 11) is 0. The second-order valence-electron chi connectivity index (χ2n) is 10.2. The number of alkyl halides is 1. The summed E-state index contributed by atoms with van der Waals surface area (Å²) in [4.78, 5) is 16.6. The number of aliphatic hydroxyl groups is 1. The van der Waals surface area contributed by atoms with Crippen LogP contribution in [0.3, 0.4) is 0 Å². The van der Waals surface area contributed by atoms with E-state index in [2.05, 4.69) is 16.9 Å². The van der Waals surface area contributed by atoms with Crippen molar-refractivity contribution in [2.24, 2.45) is 11.7 Å². The van der Waals surface area contributed by atoms with Gasteiger partial charge in [-0.2, -0.15) is 0 Å². The van der Waals surface area contributed by atoms with Crippen LogP contribution in [0.25, 0.3) is 0 Å².